The Bertz CT molecular complexity index is 931. The second kappa shape index (κ2) is 7.24. The Kier molecular flexibility index (Phi) is 4.64. The van der Waals surface area contributed by atoms with E-state index >= 15 is 0 Å². The largest absolute Gasteiger partial charge is 0.207 e. The lowest BCUT2D eigenvalue weighted by Gasteiger charge is -2.45. The number of rotatable bonds is 4. The lowest BCUT2D eigenvalue weighted by Crippen LogP contribution is -2.75. The van der Waals surface area contributed by atoms with E-state index < -0.39 is 6.15 Å². The zero-order valence-electron chi connectivity index (χ0n) is 15.3. The fourth-order valence-electron chi connectivity index (χ4n) is 4.42. The lowest BCUT2D eigenvalue weighted by atomic mass is 9.12. The molecule has 0 N–H and O–H groups in total. The summed E-state index contributed by atoms with van der Waals surface area (Å²) >= 11 is 0. The quantitative estimate of drug-likeness (QED) is 0.494. The van der Waals surface area contributed by atoms with Gasteiger partial charge in [0.2, 0.25) is 0 Å². The maximum atomic E-state index is 14.4. The third-order valence-electron chi connectivity index (χ3n) is 5.61. The van der Waals surface area contributed by atoms with Gasteiger partial charge < -0.3 is 0 Å². The highest BCUT2D eigenvalue weighted by atomic mass is 19.1. The molecule has 132 valence electrons. The van der Waals surface area contributed by atoms with Gasteiger partial charge in [0.25, 0.3) is 0 Å². The molecule has 0 aliphatic carbocycles. The monoisotopic (exact) mass is 351 g/mol. The van der Waals surface area contributed by atoms with Crippen LogP contribution in [0.25, 0.3) is 0 Å². The van der Waals surface area contributed by atoms with Gasteiger partial charge in [0.05, 0.1) is 0 Å². The Hall–Kier alpha value is -3.13. The third kappa shape index (κ3) is 2.98. The van der Waals surface area contributed by atoms with Crippen molar-refractivity contribution in [1.29, 1.82) is 0 Å². The molecule has 0 unspecified atom stereocenters. The molecular weight excluding hydrogens is 330 g/mol. The first-order valence-corrected chi connectivity index (χ1v) is 9.31. The molecule has 0 fully saturated rings. The Balaban J connectivity index is 2.18. The van der Waals surface area contributed by atoms with E-state index in [9.17, 15) is 4.39 Å². The van der Waals surface area contributed by atoms with E-state index in [0.29, 0.717) is 0 Å². The van der Waals surface area contributed by atoms with Gasteiger partial charge in [-0.15, -0.1) is 0 Å². The summed E-state index contributed by atoms with van der Waals surface area (Å²) < 4.78 is 14.4. The summed E-state index contributed by atoms with van der Waals surface area (Å²) in [5.41, 5.74) is 5.67. The Morgan fingerprint density at radius 2 is 0.963 bits per heavy atom. The van der Waals surface area contributed by atoms with E-state index in [-0.39, 0.29) is 5.82 Å². The van der Waals surface area contributed by atoms with Gasteiger partial charge in [-0.1, -0.05) is 109 Å². The summed E-state index contributed by atoms with van der Waals surface area (Å²) in [5.74, 6) is -0.204. The number of hydrogen-bond acceptors (Lipinski definition) is 0. The summed E-state index contributed by atoms with van der Waals surface area (Å²) in [5, 5.41) is 0. The van der Waals surface area contributed by atoms with E-state index in [1.54, 1.807) is 12.1 Å². The van der Waals surface area contributed by atoms with Crippen LogP contribution in [0.15, 0.2) is 109 Å². The van der Waals surface area contributed by atoms with Crippen LogP contribution in [-0.2, 0) is 0 Å². The highest BCUT2D eigenvalue weighted by Gasteiger charge is 2.32. The summed E-state index contributed by atoms with van der Waals surface area (Å²) in [4.78, 5) is 0. The van der Waals surface area contributed by atoms with Crippen molar-refractivity contribution in [3.8, 4) is 0 Å². The molecule has 0 aliphatic heterocycles. The van der Waals surface area contributed by atoms with Crippen LogP contribution in [0.4, 0.5) is 4.39 Å². The molecule has 4 aromatic rings. The van der Waals surface area contributed by atoms with Gasteiger partial charge >= 0.3 is 0 Å². The van der Waals surface area contributed by atoms with Crippen LogP contribution in [0.1, 0.15) is 5.56 Å². The molecule has 27 heavy (non-hydrogen) atoms. The number of aryl methyl sites for hydroxylation is 1. The number of hydrogen-bond donors (Lipinski definition) is 0. The molecule has 0 spiro atoms. The van der Waals surface area contributed by atoms with Gasteiger partial charge in [-0.25, -0.2) is 4.39 Å². The minimum Gasteiger partial charge on any atom is -0.207 e. The molecule has 0 heterocycles. The first kappa shape index (κ1) is 17.3. The molecule has 0 bridgehead atoms. The lowest BCUT2D eigenvalue weighted by molar-refractivity contribution is 0.628. The van der Waals surface area contributed by atoms with Crippen LogP contribution in [0.3, 0.4) is 0 Å². The predicted octanol–water partition coefficient (Wildman–Crippen LogP) is 3.51. The zero-order valence-corrected chi connectivity index (χ0v) is 15.3. The van der Waals surface area contributed by atoms with Crippen LogP contribution < -0.4 is 21.9 Å². The molecular formula is C25H21BF-. The Morgan fingerprint density at radius 3 is 1.37 bits per heavy atom. The summed E-state index contributed by atoms with van der Waals surface area (Å²) in [6.45, 7) is 2.07. The standard InChI is InChI=1S/C25H21BF/c1-20-17-18-24(27)19-25(20)26(21-11-5-2-6-12-21,22-13-7-3-8-14-22)23-15-9-4-10-16-23/h2-19H,1H3/q-1. The zero-order chi connectivity index (χ0) is 18.7. The Morgan fingerprint density at radius 1 is 0.556 bits per heavy atom. The van der Waals surface area contributed by atoms with Crippen molar-refractivity contribution in [2.75, 3.05) is 0 Å². The predicted molar refractivity (Wildman–Crippen MR) is 115 cm³/mol. The first-order valence-electron chi connectivity index (χ1n) is 9.31. The van der Waals surface area contributed by atoms with Crippen molar-refractivity contribution in [2.24, 2.45) is 0 Å². The fraction of sp³-hybridized carbons (Fsp3) is 0.0400. The molecule has 0 nitrogen and oxygen atoms in total. The van der Waals surface area contributed by atoms with Crippen molar-refractivity contribution in [2.45, 2.75) is 6.92 Å². The van der Waals surface area contributed by atoms with E-state index in [2.05, 4.69) is 79.7 Å². The molecule has 0 atom stereocenters. The number of benzene rings is 4. The van der Waals surface area contributed by atoms with Crippen LogP contribution in [0, 0.1) is 12.7 Å². The van der Waals surface area contributed by atoms with Gasteiger partial charge in [-0.2, -0.15) is 21.9 Å². The van der Waals surface area contributed by atoms with Crippen molar-refractivity contribution in [3.63, 3.8) is 0 Å². The van der Waals surface area contributed by atoms with Gasteiger partial charge in [0.15, 0.2) is 0 Å². The van der Waals surface area contributed by atoms with E-state index in [0.717, 1.165) is 11.0 Å². The fourth-order valence-corrected chi connectivity index (χ4v) is 4.42. The van der Waals surface area contributed by atoms with Gasteiger partial charge in [-0.3, -0.25) is 0 Å². The van der Waals surface area contributed by atoms with Crippen LogP contribution in [0.5, 0.6) is 0 Å². The van der Waals surface area contributed by atoms with Gasteiger partial charge in [-0.05, 0) is 13.0 Å². The molecule has 0 saturated carbocycles. The molecule has 2 heteroatoms. The highest BCUT2D eigenvalue weighted by Crippen LogP contribution is 2.12. The first-order chi connectivity index (χ1) is 13.2. The average Bonchev–Trinajstić information content (AvgIpc) is 2.73. The van der Waals surface area contributed by atoms with Crippen molar-refractivity contribution >= 4 is 28.0 Å². The maximum Gasteiger partial charge on any atom is 0.120 e. The minimum atomic E-state index is -1.50. The summed E-state index contributed by atoms with van der Waals surface area (Å²) in [6, 6.07) is 36.5. The van der Waals surface area contributed by atoms with Crippen LogP contribution in [0.2, 0.25) is 0 Å². The average molecular weight is 351 g/mol. The van der Waals surface area contributed by atoms with Crippen molar-refractivity contribution < 1.29 is 4.39 Å². The third-order valence-corrected chi connectivity index (χ3v) is 5.61. The van der Waals surface area contributed by atoms with Gasteiger partial charge in [0, 0.05) is 0 Å². The molecule has 0 amide bonds. The summed E-state index contributed by atoms with van der Waals surface area (Å²) in [7, 11) is 0. The molecule has 0 aromatic heterocycles. The van der Waals surface area contributed by atoms with Crippen molar-refractivity contribution in [1.82, 2.24) is 0 Å². The molecule has 4 aromatic carbocycles. The van der Waals surface area contributed by atoms with E-state index in [4.69, 9.17) is 0 Å². The van der Waals surface area contributed by atoms with Gasteiger partial charge in [0.1, 0.15) is 12.0 Å². The maximum absolute atomic E-state index is 14.4. The molecule has 0 aliphatic rings. The van der Waals surface area contributed by atoms with Crippen LogP contribution >= 0.6 is 0 Å². The smallest absolute Gasteiger partial charge is 0.120 e. The van der Waals surface area contributed by atoms with E-state index in [1.165, 1.54) is 16.4 Å². The topological polar surface area (TPSA) is 0 Å². The van der Waals surface area contributed by atoms with Crippen molar-refractivity contribution in [3.05, 3.63) is 121 Å². The Labute approximate surface area is 160 Å². The van der Waals surface area contributed by atoms with E-state index in [1.807, 2.05) is 24.3 Å². The molecule has 0 saturated heterocycles. The normalized spacial score (nSPS) is 11.3. The summed E-state index contributed by atoms with van der Waals surface area (Å²) in [6.07, 6.45) is -1.50. The second-order valence-electron chi connectivity index (χ2n) is 7.10. The highest BCUT2D eigenvalue weighted by molar-refractivity contribution is 7.20. The van der Waals surface area contributed by atoms with Crippen LogP contribution in [-0.4, -0.2) is 6.15 Å². The molecule has 0 radical (unpaired) electrons. The SMILES string of the molecule is Cc1ccc(F)cc1[B-](c1ccccc1)(c1ccccc1)c1ccccc1. The molecule has 4 rings (SSSR count). The number of halogens is 1. The second-order valence-corrected chi connectivity index (χ2v) is 7.10. The minimum absolute atomic E-state index is 0.204.